The van der Waals surface area contributed by atoms with Crippen LogP contribution in [0.15, 0.2) is 34.2 Å². The van der Waals surface area contributed by atoms with E-state index in [2.05, 4.69) is 15.0 Å². The van der Waals surface area contributed by atoms with Gasteiger partial charge in [0.05, 0.1) is 11.0 Å². The number of oxime groups is 1. The second-order valence-corrected chi connectivity index (χ2v) is 12.8. The van der Waals surface area contributed by atoms with Crippen LogP contribution in [0.25, 0.3) is 11.0 Å². The second kappa shape index (κ2) is 11.5. The van der Waals surface area contributed by atoms with Gasteiger partial charge in [0.15, 0.2) is 12.3 Å². The van der Waals surface area contributed by atoms with Crippen LogP contribution in [-0.4, -0.2) is 80.9 Å². The Bertz CT molecular complexity index is 1380. The van der Waals surface area contributed by atoms with E-state index >= 15 is 0 Å². The van der Waals surface area contributed by atoms with E-state index in [0.29, 0.717) is 29.2 Å². The predicted octanol–water partition coefficient (Wildman–Crippen LogP) is 3.82. The second-order valence-electron chi connectivity index (χ2n) is 12.8. The molecule has 6 rings (SSSR count). The van der Waals surface area contributed by atoms with Crippen LogP contribution in [0.4, 0.5) is 0 Å². The van der Waals surface area contributed by atoms with Crippen LogP contribution in [0.1, 0.15) is 82.4 Å². The first kappa shape index (κ1) is 27.9. The molecule has 3 unspecified atom stereocenters. The minimum atomic E-state index is -1.43. The van der Waals surface area contributed by atoms with Crippen molar-refractivity contribution in [2.24, 2.45) is 17.0 Å². The first-order valence-electron chi connectivity index (χ1n) is 15.2. The van der Waals surface area contributed by atoms with Gasteiger partial charge in [-0.15, -0.1) is 0 Å². The largest absolute Gasteiger partial charge is 0.476 e. The van der Waals surface area contributed by atoms with E-state index in [9.17, 15) is 19.5 Å². The predicted molar refractivity (Wildman–Crippen MR) is 155 cm³/mol. The van der Waals surface area contributed by atoms with Gasteiger partial charge in [0.2, 0.25) is 5.71 Å². The number of nitrogens with zero attached hydrogens (tertiary/aromatic N) is 5. The third kappa shape index (κ3) is 5.50. The van der Waals surface area contributed by atoms with Gasteiger partial charge in [0.25, 0.3) is 11.5 Å². The molecule has 5 atom stereocenters. The van der Waals surface area contributed by atoms with E-state index in [-0.39, 0.29) is 17.6 Å². The lowest BCUT2D eigenvalue weighted by Gasteiger charge is -2.55. The number of likely N-dealkylation sites (N-methyl/N-ethyl adjacent to an activating group) is 1. The molecule has 3 heterocycles. The molecule has 2 saturated carbocycles. The van der Waals surface area contributed by atoms with Crippen molar-refractivity contribution in [2.45, 2.75) is 94.8 Å². The van der Waals surface area contributed by atoms with E-state index in [1.165, 1.54) is 49.8 Å². The molecule has 4 aliphatic rings. The Labute approximate surface area is 240 Å². The van der Waals surface area contributed by atoms with Gasteiger partial charge in [-0.3, -0.25) is 14.5 Å². The Hall–Kier alpha value is -3.27. The lowest BCUT2D eigenvalue weighted by molar-refractivity contribution is -0.134. The molecule has 4 fully saturated rings. The molecule has 2 aliphatic carbocycles. The maximum absolute atomic E-state index is 14.1. The molecule has 1 amide bonds. The number of carbonyl (C=O) groups is 2. The van der Waals surface area contributed by atoms with Crippen molar-refractivity contribution in [1.82, 2.24) is 19.4 Å². The molecule has 4 bridgehead atoms. The number of fused-ring (bicyclic) bond motifs is 5. The Balaban J connectivity index is 1.33. The molecule has 0 radical (unpaired) electrons. The quantitative estimate of drug-likeness (QED) is 0.402. The molecular weight excluding hydrogens is 522 g/mol. The summed E-state index contributed by atoms with van der Waals surface area (Å²) in [4.78, 5) is 51.9. The summed E-state index contributed by atoms with van der Waals surface area (Å²) in [5.74, 6) is -0.0704. The van der Waals surface area contributed by atoms with Crippen LogP contribution in [0.5, 0.6) is 0 Å². The van der Waals surface area contributed by atoms with Gasteiger partial charge >= 0.3 is 5.97 Å². The number of aromatic nitrogens is 2. The number of carboxylic acids is 1. The van der Waals surface area contributed by atoms with Gasteiger partial charge in [-0.2, -0.15) is 0 Å². The van der Waals surface area contributed by atoms with Crippen molar-refractivity contribution >= 4 is 28.6 Å². The summed E-state index contributed by atoms with van der Waals surface area (Å²) in [6.07, 6.45) is 13.4. The Morgan fingerprint density at radius 2 is 1.61 bits per heavy atom. The zero-order chi connectivity index (χ0) is 28.7. The topological polar surface area (TPSA) is 117 Å². The van der Waals surface area contributed by atoms with Gasteiger partial charge < -0.3 is 19.4 Å². The first-order chi connectivity index (χ1) is 19.8. The maximum Gasteiger partial charge on any atom is 0.360 e. The molecule has 1 aromatic heterocycles. The van der Waals surface area contributed by atoms with Crippen molar-refractivity contribution in [3.05, 3.63) is 40.3 Å². The zero-order valence-corrected chi connectivity index (χ0v) is 24.1. The number of hydrogen-bond donors (Lipinski definition) is 1. The highest BCUT2D eigenvalue weighted by molar-refractivity contribution is 6.41. The summed E-state index contributed by atoms with van der Waals surface area (Å²) in [6.45, 7) is -0.434. The number of aliphatic carboxylic acids is 1. The van der Waals surface area contributed by atoms with Crippen LogP contribution in [0.2, 0.25) is 0 Å². The van der Waals surface area contributed by atoms with Crippen LogP contribution in [0.3, 0.4) is 0 Å². The highest BCUT2D eigenvalue weighted by atomic mass is 16.6. The van der Waals surface area contributed by atoms with Gasteiger partial charge in [0.1, 0.15) is 0 Å². The number of piperidine rings is 2. The van der Waals surface area contributed by atoms with Gasteiger partial charge in [-0.1, -0.05) is 43.0 Å². The first-order valence-corrected chi connectivity index (χ1v) is 15.2. The molecule has 1 N–H and O–H groups in total. The number of benzene rings is 1. The van der Waals surface area contributed by atoms with Crippen molar-refractivity contribution in [1.29, 1.82) is 0 Å². The molecule has 41 heavy (non-hydrogen) atoms. The van der Waals surface area contributed by atoms with Crippen molar-refractivity contribution in [3.63, 3.8) is 0 Å². The van der Waals surface area contributed by atoms with E-state index in [4.69, 9.17) is 4.84 Å². The lowest BCUT2D eigenvalue weighted by atomic mass is 9.68. The third-order valence-electron chi connectivity index (χ3n) is 9.96. The van der Waals surface area contributed by atoms with Crippen LogP contribution in [0, 0.1) is 11.8 Å². The Morgan fingerprint density at radius 3 is 2.27 bits per heavy atom. The average Bonchev–Trinajstić information content (AvgIpc) is 2.94. The Kier molecular flexibility index (Phi) is 7.85. The molecule has 2 saturated heterocycles. The SMILES string of the molecule is CN(C)C(=O)CO/N=C(\C(=O)O)c1nc2ccccc2n(C2C[C@H]3CCC[C@@H](C2)N3C2CC3CCCC(C3)C2)c1=O. The summed E-state index contributed by atoms with van der Waals surface area (Å²) >= 11 is 0. The summed E-state index contributed by atoms with van der Waals surface area (Å²) in [5, 5.41) is 13.7. The summed E-state index contributed by atoms with van der Waals surface area (Å²) in [6, 6.07) is 8.83. The molecular formula is C31H41N5O5. The minimum Gasteiger partial charge on any atom is -0.476 e. The molecule has 10 nitrogen and oxygen atoms in total. The fraction of sp³-hybridized carbons (Fsp3) is 0.645. The van der Waals surface area contributed by atoms with Crippen molar-refractivity contribution in [2.75, 3.05) is 20.7 Å². The molecule has 2 aliphatic heterocycles. The summed E-state index contributed by atoms with van der Waals surface area (Å²) < 4.78 is 1.78. The standard InChI is InChI=1S/C31H41N5O5/c1-34(2)27(37)18-41-33-29(31(39)40)28-30(38)36(26-12-4-3-11-25(26)32-28)24-16-21-9-6-10-22(17-24)35(21)23-14-19-7-5-8-20(13-19)15-23/h3-4,11-12,19-24H,5-10,13-18H2,1-2H3,(H,39,40)/b33-29-/t19?,20?,21-,22+,23?,24?. The number of para-hydroxylation sites is 2. The zero-order valence-electron chi connectivity index (χ0n) is 24.1. The number of hydrogen-bond acceptors (Lipinski definition) is 7. The number of rotatable bonds is 7. The average molecular weight is 564 g/mol. The van der Waals surface area contributed by atoms with Gasteiger partial charge in [0, 0.05) is 38.3 Å². The van der Waals surface area contributed by atoms with Crippen LogP contribution in [-0.2, 0) is 14.4 Å². The number of carboxylic acid groups (broad SMARTS) is 1. The molecule has 10 heteroatoms. The minimum absolute atomic E-state index is 0.0601. The van der Waals surface area contributed by atoms with Crippen molar-refractivity contribution < 1.29 is 19.5 Å². The Morgan fingerprint density at radius 1 is 0.951 bits per heavy atom. The fourth-order valence-electron chi connectivity index (χ4n) is 8.27. The highest BCUT2D eigenvalue weighted by Crippen LogP contribution is 2.47. The molecule has 220 valence electrons. The lowest BCUT2D eigenvalue weighted by Crippen LogP contribution is -2.58. The van der Waals surface area contributed by atoms with Gasteiger partial charge in [-0.25, -0.2) is 9.78 Å². The highest BCUT2D eigenvalue weighted by Gasteiger charge is 2.45. The van der Waals surface area contributed by atoms with Crippen LogP contribution < -0.4 is 5.56 Å². The molecule has 1 aromatic carbocycles. The monoisotopic (exact) mass is 563 g/mol. The maximum atomic E-state index is 14.1. The molecule has 2 aromatic rings. The number of carbonyl (C=O) groups excluding carboxylic acids is 1. The van der Waals surface area contributed by atoms with E-state index in [1.54, 1.807) is 24.7 Å². The van der Waals surface area contributed by atoms with Crippen molar-refractivity contribution in [3.8, 4) is 0 Å². The number of amides is 1. The normalized spacial score (nSPS) is 30.1. The van der Waals surface area contributed by atoms with E-state index in [1.807, 2.05) is 18.2 Å². The van der Waals surface area contributed by atoms with E-state index in [0.717, 1.165) is 37.5 Å². The van der Waals surface area contributed by atoms with Gasteiger partial charge in [-0.05, 0) is 68.9 Å². The van der Waals surface area contributed by atoms with Crippen LogP contribution >= 0.6 is 0 Å². The van der Waals surface area contributed by atoms with E-state index < -0.39 is 23.8 Å². The smallest absolute Gasteiger partial charge is 0.360 e. The molecule has 0 spiro atoms. The fourth-order valence-corrected chi connectivity index (χ4v) is 8.27. The summed E-state index contributed by atoms with van der Waals surface area (Å²) in [7, 11) is 3.13. The summed E-state index contributed by atoms with van der Waals surface area (Å²) in [5.41, 5.74) is -0.0868. The third-order valence-corrected chi connectivity index (χ3v) is 9.96.